The number of nitrogens with zero attached hydrogens (tertiary/aromatic N) is 3. The normalized spacial score (nSPS) is 11.1. The van der Waals surface area contributed by atoms with Gasteiger partial charge in [0.1, 0.15) is 11.0 Å². The van der Waals surface area contributed by atoms with Gasteiger partial charge in [-0.1, -0.05) is 54.1 Å². The third-order valence-corrected chi connectivity index (χ3v) is 5.66. The molecule has 0 fully saturated rings. The van der Waals surface area contributed by atoms with Crippen molar-refractivity contribution < 1.29 is 4.79 Å². The van der Waals surface area contributed by atoms with E-state index in [0.29, 0.717) is 28.6 Å². The summed E-state index contributed by atoms with van der Waals surface area (Å²) in [7, 11) is 0. The fourth-order valence-electron chi connectivity index (χ4n) is 3.67. The van der Waals surface area contributed by atoms with Gasteiger partial charge < -0.3 is 10.3 Å². The van der Waals surface area contributed by atoms with Gasteiger partial charge in [-0.05, 0) is 48.9 Å². The zero-order valence-electron chi connectivity index (χ0n) is 17.3. The Kier molecular flexibility index (Phi) is 5.21. The number of amides is 1. The monoisotopic (exact) mass is 441 g/mol. The summed E-state index contributed by atoms with van der Waals surface area (Å²) in [5.41, 5.74) is 5.52. The molecule has 1 amide bonds. The standard InChI is InChI=1S/C25H20ClN5O/c1-16-22(23(26)31(30-16)15-17-7-3-2-4-8-17)25(32)27-19-13-11-18(12-14-19)24-28-20-9-5-6-10-21(20)29-24/h2-14H,15H2,1H3,(H,27,32)(H,28,29). The van der Waals surface area contributed by atoms with Gasteiger partial charge in [0.2, 0.25) is 0 Å². The van der Waals surface area contributed by atoms with Crippen LogP contribution in [-0.4, -0.2) is 25.7 Å². The van der Waals surface area contributed by atoms with Crippen molar-refractivity contribution in [3.8, 4) is 11.4 Å². The minimum atomic E-state index is -0.289. The van der Waals surface area contributed by atoms with Gasteiger partial charge in [0.05, 0.1) is 28.8 Å². The molecule has 0 aliphatic heterocycles. The molecular formula is C25H20ClN5O. The van der Waals surface area contributed by atoms with E-state index < -0.39 is 0 Å². The zero-order valence-corrected chi connectivity index (χ0v) is 18.1. The Morgan fingerprint density at radius 2 is 1.72 bits per heavy atom. The molecule has 3 aromatic carbocycles. The van der Waals surface area contributed by atoms with Crippen LogP contribution in [0, 0.1) is 6.92 Å². The summed E-state index contributed by atoms with van der Waals surface area (Å²) in [6, 6.07) is 25.3. The lowest BCUT2D eigenvalue weighted by atomic mass is 10.2. The first-order chi connectivity index (χ1) is 15.6. The first-order valence-electron chi connectivity index (χ1n) is 10.2. The number of aromatic nitrogens is 4. The van der Waals surface area contributed by atoms with Crippen molar-refractivity contribution in [2.24, 2.45) is 0 Å². The molecule has 0 aliphatic rings. The molecule has 0 saturated heterocycles. The Balaban J connectivity index is 1.34. The minimum absolute atomic E-state index is 0.289. The third-order valence-electron chi connectivity index (χ3n) is 5.27. The highest BCUT2D eigenvalue weighted by molar-refractivity contribution is 6.33. The van der Waals surface area contributed by atoms with Crippen LogP contribution in [0.3, 0.4) is 0 Å². The van der Waals surface area contributed by atoms with Gasteiger partial charge in [0.15, 0.2) is 0 Å². The van der Waals surface area contributed by atoms with Gasteiger partial charge in [0.25, 0.3) is 5.91 Å². The van der Waals surface area contributed by atoms with Gasteiger partial charge in [-0.2, -0.15) is 5.10 Å². The Labute approximate surface area is 189 Å². The van der Waals surface area contributed by atoms with Crippen molar-refractivity contribution in [1.82, 2.24) is 19.7 Å². The Morgan fingerprint density at radius 1 is 1.00 bits per heavy atom. The zero-order chi connectivity index (χ0) is 22.1. The van der Waals surface area contributed by atoms with Crippen LogP contribution < -0.4 is 5.32 Å². The first-order valence-corrected chi connectivity index (χ1v) is 10.6. The molecule has 0 saturated carbocycles. The smallest absolute Gasteiger partial charge is 0.260 e. The van der Waals surface area contributed by atoms with Crippen molar-refractivity contribution in [2.75, 3.05) is 5.32 Å². The van der Waals surface area contributed by atoms with Crippen LogP contribution in [-0.2, 0) is 6.54 Å². The number of carbonyl (C=O) groups excluding carboxylic acids is 1. The number of rotatable bonds is 5. The lowest BCUT2D eigenvalue weighted by Crippen LogP contribution is -2.13. The number of hydrogen-bond acceptors (Lipinski definition) is 3. The number of benzene rings is 3. The highest BCUT2D eigenvalue weighted by atomic mass is 35.5. The summed E-state index contributed by atoms with van der Waals surface area (Å²) >= 11 is 6.51. The number of halogens is 1. The van der Waals surface area contributed by atoms with Gasteiger partial charge in [0, 0.05) is 11.3 Å². The van der Waals surface area contributed by atoms with E-state index in [-0.39, 0.29) is 5.91 Å². The summed E-state index contributed by atoms with van der Waals surface area (Å²) in [6.45, 7) is 2.28. The quantitative estimate of drug-likeness (QED) is 0.368. The molecule has 0 atom stereocenters. The number of aryl methyl sites for hydroxylation is 1. The second-order valence-corrected chi connectivity index (χ2v) is 7.89. The molecule has 0 spiro atoms. The third kappa shape index (κ3) is 3.88. The maximum atomic E-state index is 12.9. The first kappa shape index (κ1) is 20.0. The average Bonchev–Trinajstić information content (AvgIpc) is 3.35. The number of imidazole rings is 1. The van der Waals surface area contributed by atoms with Gasteiger partial charge in [-0.15, -0.1) is 0 Å². The lowest BCUT2D eigenvalue weighted by Gasteiger charge is -2.07. The van der Waals surface area contributed by atoms with Gasteiger partial charge >= 0.3 is 0 Å². The second-order valence-electron chi connectivity index (χ2n) is 7.53. The molecule has 0 radical (unpaired) electrons. The van der Waals surface area contributed by atoms with E-state index in [9.17, 15) is 4.79 Å². The van der Waals surface area contributed by atoms with Crippen LogP contribution in [0.1, 0.15) is 21.6 Å². The van der Waals surface area contributed by atoms with Crippen LogP contribution in [0.4, 0.5) is 5.69 Å². The Hall–Kier alpha value is -3.90. The SMILES string of the molecule is Cc1nn(Cc2ccccc2)c(Cl)c1C(=O)Nc1ccc(-c2nc3ccccc3[nH]2)cc1. The molecule has 5 aromatic rings. The highest BCUT2D eigenvalue weighted by Gasteiger charge is 2.20. The minimum Gasteiger partial charge on any atom is -0.338 e. The van der Waals surface area contributed by atoms with E-state index in [4.69, 9.17) is 11.6 Å². The largest absolute Gasteiger partial charge is 0.338 e. The van der Waals surface area contributed by atoms with Crippen LogP contribution in [0.2, 0.25) is 5.15 Å². The summed E-state index contributed by atoms with van der Waals surface area (Å²) in [4.78, 5) is 20.8. The molecule has 158 valence electrons. The van der Waals surface area contributed by atoms with Gasteiger partial charge in [-0.3, -0.25) is 4.79 Å². The fourth-order valence-corrected chi connectivity index (χ4v) is 3.99. The summed E-state index contributed by atoms with van der Waals surface area (Å²) in [5.74, 6) is 0.494. The van der Waals surface area contributed by atoms with Crippen LogP contribution in [0.15, 0.2) is 78.9 Å². The molecule has 32 heavy (non-hydrogen) atoms. The van der Waals surface area contributed by atoms with E-state index in [1.807, 2.05) is 78.9 Å². The number of fused-ring (bicyclic) bond motifs is 1. The predicted molar refractivity (Wildman–Crippen MR) is 127 cm³/mol. The second kappa shape index (κ2) is 8.32. The van der Waals surface area contributed by atoms with Crippen molar-refractivity contribution in [1.29, 1.82) is 0 Å². The van der Waals surface area contributed by atoms with E-state index in [2.05, 4.69) is 20.4 Å². The number of aromatic amines is 1. The summed E-state index contributed by atoms with van der Waals surface area (Å²) in [6.07, 6.45) is 0. The molecule has 2 aromatic heterocycles. The molecule has 2 N–H and O–H groups in total. The molecular weight excluding hydrogens is 422 g/mol. The Bertz CT molecular complexity index is 1370. The number of hydrogen-bond donors (Lipinski definition) is 2. The molecule has 2 heterocycles. The van der Waals surface area contributed by atoms with Crippen LogP contribution in [0.5, 0.6) is 0 Å². The maximum Gasteiger partial charge on any atom is 0.260 e. The van der Waals surface area contributed by atoms with Gasteiger partial charge in [-0.25, -0.2) is 9.67 Å². The topological polar surface area (TPSA) is 75.6 Å². The van der Waals surface area contributed by atoms with Crippen molar-refractivity contribution in [2.45, 2.75) is 13.5 Å². The van der Waals surface area contributed by atoms with E-state index >= 15 is 0 Å². The van der Waals surface area contributed by atoms with Crippen LogP contribution >= 0.6 is 11.6 Å². The average molecular weight is 442 g/mol. The van der Waals surface area contributed by atoms with Crippen molar-refractivity contribution >= 4 is 34.2 Å². The van der Waals surface area contributed by atoms with E-state index in [0.717, 1.165) is 28.0 Å². The fraction of sp³-hybridized carbons (Fsp3) is 0.0800. The van der Waals surface area contributed by atoms with Crippen molar-refractivity contribution in [3.63, 3.8) is 0 Å². The number of para-hydroxylation sites is 2. The Morgan fingerprint density at radius 3 is 2.47 bits per heavy atom. The maximum absolute atomic E-state index is 12.9. The molecule has 0 unspecified atom stereocenters. The predicted octanol–water partition coefficient (Wildman–Crippen LogP) is 5.69. The molecule has 5 rings (SSSR count). The number of nitrogens with one attached hydrogen (secondary N) is 2. The van der Waals surface area contributed by atoms with Crippen LogP contribution in [0.25, 0.3) is 22.4 Å². The lowest BCUT2D eigenvalue weighted by molar-refractivity contribution is 0.102. The van der Waals surface area contributed by atoms with Crippen molar-refractivity contribution in [3.05, 3.63) is 101 Å². The summed E-state index contributed by atoms with van der Waals surface area (Å²) in [5, 5.41) is 7.69. The number of H-pyrrole nitrogens is 1. The number of carbonyl (C=O) groups is 1. The number of anilines is 1. The molecule has 0 bridgehead atoms. The molecule has 7 heteroatoms. The molecule has 6 nitrogen and oxygen atoms in total. The van der Waals surface area contributed by atoms with E-state index in [1.54, 1.807) is 11.6 Å². The highest BCUT2D eigenvalue weighted by Crippen LogP contribution is 2.25. The van der Waals surface area contributed by atoms with E-state index in [1.165, 1.54) is 0 Å². The molecule has 0 aliphatic carbocycles. The summed E-state index contributed by atoms with van der Waals surface area (Å²) < 4.78 is 1.64.